The molecule has 2 saturated carbocycles. The van der Waals surface area contributed by atoms with Gasteiger partial charge in [-0.15, -0.1) is 0 Å². The Labute approximate surface area is 101 Å². The summed E-state index contributed by atoms with van der Waals surface area (Å²) < 4.78 is 5.61. The van der Waals surface area contributed by atoms with E-state index in [1.807, 2.05) is 18.2 Å². The molecule has 3 rings (SSSR count). The SMILES string of the molecule is C=C1[C@@H]2CC[C@H](C2)[C@@H]1OC(=O)c1ccccc1. The van der Waals surface area contributed by atoms with Gasteiger partial charge in [0, 0.05) is 5.92 Å². The van der Waals surface area contributed by atoms with Crippen molar-refractivity contribution in [1.29, 1.82) is 0 Å². The molecule has 88 valence electrons. The molecule has 2 fully saturated rings. The lowest BCUT2D eigenvalue weighted by molar-refractivity contribution is 0.0274. The van der Waals surface area contributed by atoms with E-state index >= 15 is 0 Å². The van der Waals surface area contributed by atoms with E-state index in [9.17, 15) is 4.79 Å². The van der Waals surface area contributed by atoms with Crippen molar-refractivity contribution in [2.75, 3.05) is 0 Å². The molecule has 2 aliphatic carbocycles. The maximum atomic E-state index is 12.0. The molecule has 17 heavy (non-hydrogen) atoms. The third-order valence-corrected chi connectivity index (χ3v) is 4.03. The van der Waals surface area contributed by atoms with Crippen LogP contribution in [0.3, 0.4) is 0 Å². The van der Waals surface area contributed by atoms with Gasteiger partial charge in [0.05, 0.1) is 5.56 Å². The van der Waals surface area contributed by atoms with E-state index in [0.717, 1.165) is 12.0 Å². The van der Waals surface area contributed by atoms with E-state index in [4.69, 9.17) is 4.74 Å². The summed E-state index contributed by atoms with van der Waals surface area (Å²) in [5, 5.41) is 0. The second-order valence-corrected chi connectivity index (χ2v) is 5.04. The van der Waals surface area contributed by atoms with Crippen molar-refractivity contribution in [2.45, 2.75) is 25.4 Å². The van der Waals surface area contributed by atoms with E-state index in [-0.39, 0.29) is 12.1 Å². The first kappa shape index (κ1) is 10.6. The number of fused-ring (bicyclic) bond motifs is 2. The fourth-order valence-electron chi connectivity index (χ4n) is 3.09. The van der Waals surface area contributed by atoms with Gasteiger partial charge in [0.2, 0.25) is 0 Å². The summed E-state index contributed by atoms with van der Waals surface area (Å²) in [6.45, 7) is 4.09. The van der Waals surface area contributed by atoms with Crippen LogP contribution >= 0.6 is 0 Å². The average Bonchev–Trinajstić information content (AvgIpc) is 2.94. The minimum atomic E-state index is -0.218. The summed E-state index contributed by atoms with van der Waals surface area (Å²) >= 11 is 0. The van der Waals surface area contributed by atoms with Crippen LogP contribution in [0.15, 0.2) is 42.5 Å². The first-order chi connectivity index (χ1) is 8.25. The van der Waals surface area contributed by atoms with Crippen LogP contribution in [0.1, 0.15) is 29.6 Å². The zero-order valence-electron chi connectivity index (χ0n) is 9.76. The van der Waals surface area contributed by atoms with Crippen LogP contribution in [0.25, 0.3) is 0 Å². The van der Waals surface area contributed by atoms with Gasteiger partial charge in [0.1, 0.15) is 6.10 Å². The molecule has 1 aromatic carbocycles. The normalized spacial score (nSPS) is 30.6. The number of carbonyl (C=O) groups is 1. The van der Waals surface area contributed by atoms with Crippen LogP contribution in [0.4, 0.5) is 0 Å². The highest BCUT2D eigenvalue weighted by atomic mass is 16.5. The van der Waals surface area contributed by atoms with Gasteiger partial charge in [-0.1, -0.05) is 24.8 Å². The Balaban J connectivity index is 1.72. The third kappa shape index (κ3) is 1.78. The van der Waals surface area contributed by atoms with Crippen LogP contribution in [0.2, 0.25) is 0 Å². The number of benzene rings is 1. The lowest BCUT2D eigenvalue weighted by atomic mass is 9.93. The molecule has 0 saturated heterocycles. The highest BCUT2D eigenvalue weighted by molar-refractivity contribution is 5.89. The van der Waals surface area contributed by atoms with Crippen molar-refractivity contribution < 1.29 is 9.53 Å². The summed E-state index contributed by atoms with van der Waals surface area (Å²) in [4.78, 5) is 12.0. The predicted octanol–water partition coefficient (Wildman–Crippen LogP) is 3.20. The van der Waals surface area contributed by atoms with Gasteiger partial charge in [0.25, 0.3) is 0 Å². The predicted molar refractivity (Wildman–Crippen MR) is 65.6 cm³/mol. The molecule has 2 heteroatoms. The van der Waals surface area contributed by atoms with Gasteiger partial charge in [-0.25, -0.2) is 4.79 Å². The first-order valence-corrected chi connectivity index (χ1v) is 6.20. The van der Waals surface area contributed by atoms with E-state index in [2.05, 4.69) is 6.58 Å². The van der Waals surface area contributed by atoms with Gasteiger partial charge < -0.3 is 4.74 Å². The number of hydrogen-bond donors (Lipinski definition) is 0. The number of ether oxygens (including phenoxy) is 1. The molecule has 0 aliphatic heterocycles. The van der Waals surface area contributed by atoms with Crippen molar-refractivity contribution in [3.8, 4) is 0 Å². The van der Waals surface area contributed by atoms with Crippen LogP contribution < -0.4 is 0 Å². The second kappa shape index (κ2) is 4.02. The van der Waals surface area contributed by atoms with Crippen LogP contribution in [0.5, 0.6) is 0 Å². The monoisotopic (exact) mass is 228 g/mol. The van der Waals surface area contributed by atoms with Crippen LogP contribution in [0, 0.1) is 11.8 Å². The zero-order valence-corrected chi connectivity index (χ0v) is 9.76. The fourth-order valence-corrected chi connectivity index (χ4v) is 3.09. The van der Waals surface area contributed by atoms with Gasteiger partial charge >= 0.3 is 5.97 Å². The van der Waals surface area contributed by atoms with Gasteiger partial charge in [0.15, 0.2) is 0 Å². The maximum absolute atomic E-state index is 12.0. The third-order valence-electron chi connectivity index (χ3n) is 4.03. The highest BCUT2D eigenvalue weighted by Crippen LogP contribution is 2.48. The van der Waals surface area contributed by atoms with E-state index in [0.29, 0.717) is 17.4 Å². The Kier molecular flexibility index (Phi) is 2.50. The molecule has 0 aromatic heterocycles. The highest BCUT2D eigenvalue weighted by Gasteiger charge is 2.44. The largest absolute Gasteiger partial charge is 0.454 e. The molecule has 2 bridgehead atoms. The van der Waals surface area contributed by atoms with Gasteiger partial charge in [-0.2, -0.15) is 0 Å². The Morgan fingerprint density at radius 2 is 2.00 bits per heavy atom. The van der Waals surface area contributed by atoms with Crippen molar-refractivity contribution in [3.05, 3.63) is 48.0 Å². The Bertz CT molecular complexity index is 449. The maximum Gasteiger partial charge on any atom is 0.338 e. The lowest BCUT2D eigenvalue weighted by Gasteiger charge is -2.24. The molecular weight excluding hydrogens is 212 g/mol. The molecule has 0 amide bonds. The Morgan fingerprint density at radius 3 is 2.65 bits per heavy atom. The van der Waals surface area contributed by atoms with Gasteiger partial charge in [-0.05, 0) is 42.9 Å². The summed E-state index contributed by atoms with van der Waals surface area (Å²) in [6.07, 6.45) is 3.52. The number of hydrogen-bond acceptors (Lipinski definition) is 2. The molecule has 2 nitrogen and oxygen atoms in total. The zero-order chi connectivity index (χ0) is 11.8. The molecule has 0 radical (unpaired) electrons. The molecule has 0 N–H and O–H groups in total. The number of carbonyl (C=O) groups excluding carboxylic acids is 1. The van der Waals surface area contributed by atoms with Crippen molar-refractivity contribution in [2.24, 2.45) is 11.8 Å². The summed E-state index contributed by atoms with van der Waals surface area (Å²) in [6, 6.07) is 9.18. The van der Waals surface area contributed by atoms with Crippen molar-refractivity contribution in [3.63, 3.8) is 0 Å². The first-order valence-electron chi connectivity index (χ1n) is 6.20. The topological polar surface area (TPSA) is 26.3 Å². The van der Waals surface area contributed by atoms with Crippen molar-refractivity contribution >= 4 is 5.97 Å². The summed E-state index contributed by atoms with van der Waals surface area (Å²) in [7, 11) is 0. The van der Waals surface area contributed by atoms with Crippen molar-refractivity contribution in [1.82, 2.24) is 0 Å². The van der Waals surface area contributed by atoms with Crippen LogP contribution in [-0.4, -0.2) is 12.1 Å². The lowest BCUT2D eigenvalue weighted by Crippen LogP contribution is -2.25. The van der Waals surface area contributed by atoms with E-state index in [1.165, 1.54) is 12.8 Å². The second-order valence-electron chi connectivity index (χ2n) is 5.04. The fraction of sp³-hybridized carbons (Fsp3) is 0.400. The van der Waals surface area contributed by atoms with Crippen LogP contribution in [-0.2, 0) is 4.74 Å². The summed E-state index contributed by atoms with van der Waals surface area (Å²) in [5.74, 6) is 0.887. The quantitative estimate of drug-likeness (QED) is 0.574. The smallest absolute Gasteiger partial charge is 0.338 e. The standard InChI is InChI=1S/C15H16O2/c1-10-12-7-8-13(9-12)14(10)17-15(16)11-5-3-2-4-6-11/h2-6,12-14H,1,7-9H2/t12-,13-,14-/m1/s1. The Morgan fingerprint density at radius 1 is 1.24 bits per heavy atom. The number of rotatable bonds is 2. The average molecular weight is 228 g/mol. The minimum absolute atomic E-state index is 0.0403. The minimum Gasteiger partial charge on any atom is -0.454 e. The van der Waals surface area contributed by atoms with Gasteiger partial charge in [-0.3, -0.25) is 0 Å². The molecule has 1 aromatic rings. The molecule has 3 atom stereocenters. The number of esters is 1. The molecule has 0 heterocycles. The summed E-state index contributed by atoms with van der Waals surface area (Å²) in [5.41, 5.74) is 1.76. The molecule has 2 aliphatic rings. The molecule has 0 spiro atoms. The molecule has 0 unspecified atom stereocenters. The molecular formula is C15H16O2. The Hall–Kier alpha value is -1.57. The van der Waals surface area contributed by atoms with E-state index in [1.54, 1.807) is 12.1 Å². The van der Waals surface area contributed by atoms with E-state index < -0.39 is 0 Å².